The van der Waals surface area contributed by atoms with E-state index in [9.17, 15) is 9.90 Å². The molecule has 0 aliphatic heterocycles. The molecule has 5 nitrogen and oxygen atoms in total. The Bertz CT molecular complexity index is 489. The molecule has 1 saturated carbocycles. The van der Waals surface area contributed by atoms with E-state index in [0.717, 1.165) is 12.0 Å². The second-order valence-corrected chi connectivity index (χ2v) is 7.00. The Morgan fingerprint density at radius 2 is 1.96 bits per heavy atom. The SMILES string of the molecule is CN(Cc1ccccc1)C(=O)NCC(O)C(N)CC1CCCCC1. The van der Waals surface area contributed by atoms with Crippen molar-refractivity contribution in [2.24, 2.45) is 11.7 Å². The first-order valence-electron chi connectivity index (χ1n) is 9.03. The second kappa shape index (κ2) is 9.64. The molecule has 0 spiro atoms. The Balaban J connectivity index is 1.69. The van der Waals surface area contributed by atoms with Crippen molar-refractivity contribution in [1.29, 1.82) is 0 Å². The zero-order chi connectivity index (χ0) is 17.4. The Morgan fingerprint density at radius 3 is 2.62 bits per heavy atom. The van der Waals surface area contributed by atoms with Crippen molar-refractivity contribution in [3.63, 3.8) is 0 Å². The van der Waals surface area contributed by atoms with E-state index in [1.165, 1.54) is 32.1 Å². The number of urea groups is 1. The van der Waals surface area contributed by atoms with Crippen LogP contribution in [0, 0.1) is 5.92 Å². The van der Waals surface area contributed by atoms with Crippen LogP contribution in [0.25, 0.3) is 0 Å². The average molecular weight is 333 g/mol. The van der Waals surface area contributed by atoms with Gasteiger partial charge in [-0.3, -0.25) is 0 Å². The molecule has 2 amide bonds. The number of hydrogen-bond donors (Lipinski definition) is 3. The van der Waals surface area contributed by atoms with Gasteiger partial charge < -0.3 is 21.1 Å². The summed E-state index contributed by atoms with van der Waals surface area (Å²) in [5.41, 5.74) is 7.19. The van der Waals surface area contributed by atoms with Gasteiger partial charge >= 0.3 is 6.03 Å². The number of nitrogens with one attached hydrogen (secondary N) is 1. The summed E-state index contributed by atoms with van der Waals surface area (Å²) in [6, 6.07) is 9.37. The minimum atomic E-state index is -0.694. The molecule has 2 rings (SSSR count). The molecule has 0 radical (unpaired) electrons. The molecule has 134 valence electrons. The van der Waals surface area contributed by atoms with Crippen molar-refractivity contribution in [3.8, 4) is 0 Å². The fraction of sp³-hybridized carbons (Fsp3) is 0.632. The van der Waals surface area contributed by atoms with E-state index in [-0.39, 0.29) is 18.6 Å². The highest BCUT2D eigenvalue weighted by Gasteiger charge is 2.22. The predicted molar refractivity (Wildman–Crippen MR) is 96.5 cm³/mol. The van der Waals surface area contributed by atoms with Gasteiger partial charge in [0.05, 0.1) is 6.10 Å². The van der Waals surface area contributed by atoms with Gasteiger partial charge in [-0.1, -0.05) is 62.4 Å². The van der Waals surface area contributed by atoms with Crippen LogP contribution in [0.5, 0.6) is 0 Å². The molecule has 1 aliphatic carbocycles. The maximum absolute atomic E-state index is 12.1. The fourth-order valence-corrected chi connectivity index (χ4v) is 3.37. The molecule has 1 fully saturated rings. The van der Waals surface area contributed by atoms with E-state index < -0.39 is 6.10 Å². The predicted octanol–water partition coefficient (Wildman–Crippen LogP) is 2.49. The van der Waals surface area contributed by atoms with Gasteiger partial charge in [0.15, 0.2) is 0 Å². The van der Waals surface area contributed by atoms with E-state index in [1.54, 1.807) is 11.9 Å². The molecule has 2 atom stereocenters. The lowest BCUT2D eigenvalue weighted by Crippen LogP contribution is -2.47. The van der Waals surface area contributed by atoms with Crippen molar-refractivity contribution in [3.05, 3.63) is 35.9 Å². The Hall–Kier alpha value is -1.59. The van der Waals surface area contributed by atoms with E-state index in [1.807, 2.05) is 30.3 Å². The van der Waals surface area contributed by atoms with Crippen LogP contribution in [0.15, 0.2) is 30.3 Å². The van der Waals surface area contributed by atoms with Crippen LogP contribution < -0.4 is 11.1 Å². The van der Waals surface area contributed by atoms with Crippen molar-refractivity contribution in [2.75, 3.05) is 13.6 Å². The number of aliphatic hydroxyl groups is 1. The first kappa shape index (κ1) is 18.7. The average Bonchev–Trinajstić information content (AvgIpc) is 2.61. The molecule has 0 bridgehead atoms. The van der Waals surface area contributed by atoms with E-state index in [2.05, 4.69) is 5.32 Å². The van der Waals surface area contributed by atoms with E-state index in [0.29, 0.717) is 12.5 Å². The minimum Gasteiger partial charge on any atom is -0.390 e. The van der Waals surface area contributed by atoms with Gasteiger partial charge in [0, 0.05) is 26.2 Å². The number of aliphatic hydroxyl groups excluding tert-OH is 1. The maximum atomic E-state index is 12.1. The van der Waals surface area contributed by atoms with Gasteiger partial charge in [-0.2, -0.15) is 0 Å². The molecule has 4 N–H and O–H groups in total. The summed E-state index contributed by atoms with van der Waals surface area (Å²) in [5.74, 6) is 0.625. The summed E-state index contributed by atoms with van der Waals surface area (Å²) >= 11 is 0. The number of hydrogen-bond acceptors (Lipinski definition) is 3. The van der Waals surface area contributed by atoms with Crippen molar-refractivity contribution in [2.45, 2.75) is 57.2 Å². The minimum absolute atomic E-state index is 0.192. The third-order valence-electron chi connectivity index (χ3n) is 4.90. The van der Waals surface area contributed by atoms with Crippen LogP contribution in [-0.2, 0) is 6.54 Å². The van der Waals surface area contributed by atoms with Crippen LogP contribution in [0.2, 0.25) is 0 Å². The van der Waals surface area contributed by atoms with Gasteiger partial charge in [-0.15, -0.1) is 0 Å². The number of carbonyl (C=O) groups is 1. The molecule has 5 heteroatoms. The molecule has 24 heavy (non-hydrogen) atoms. The topological polar surface area (TPSA) is 78.6 Å². The summed E-state index contributed by atoms with van der Waals surface area (Å²) in [4.78, 5) is 13.7. The molecule has 0 saturated heterocycles. The second-order valence-electron chi connectivity index (χ2n) is 7.00. The van der Waals surface area contributed by atoms with Gasteiger partial charge in [-0.25, -0.2) is 4.79 Å². The Kier molecular flexibility index (Phi) is 7.53. The van der Waals surface area contributed by atoms with Crippen molar-refractivity contribution in [1.82, 2.24) is 10.2 Å². The summed E-state index contributed by atoms with van der Waals surface area (Å²) < 4.78 is 0. The third-order valence-corrected chi connectivity index (χ3v) is 4.90. The fourth-order valence-electron chi connectivity index (χ4n) is 3.37. The lowest BCUT2D eigenvalue weighted by Gasteiger charge is -2.27. The lowest BCUT2D eigenvalue weighted by molar-refractivity contribution is 0.123. The molecule has 0 heterocycles. The normalized spacial score (nSPS) is 18.0. The number of amides is 2. The van der Waals surface area contributed by atoms with Gasteiger partial charge in [0.2, 0.25) is 0 Å². The highest BCUT2D eigenvalue weighted by Crippen LogP contribution is 2.27. The molecular formula is C19H31N3O2. The van der Waals surface area contributed by atoms with Crippen LogP contribution in [0.3, 0.4) is 0 Å². The van der Waals surface area contributed by atoms with Crippen LogP contribution >= 0.6 is 0 Å². The summed E-state index contributed by atoms with van der Waals surface area (Å²) in [7, 11) is 1.75. The molecular weight excluding hydrogens is 302 g/mol. The largest absolute Gasteiger partial charge is 0.390 e. The number of nitrogens with two attached hydrogens (primary N) is 1. The molecule has 1 aromatic rings. The quantitative estimate of drug-likeness (QED) is 0.717. The molecule has 2 unspecified atom stereocenters. The van der Waals surface area contributed by atoms with E-state index >= 15 is 0 Å². The highest BCUT2D eigenvalue weighted by molar-refractivity contribution is 5.73. The lowest BCUT2D eigenvalue weighted by atomic mass is 9.84. The van der Waals surface area contributed by atoms with Gasteiger partial charge in [-0.05, 0) is 17.9 Å². The van der Waals surface area contributed by atoms with Crippen LogP contribution in [0.1, 0.15) is 44.1 Å². The van der Waals surface area contributed by atoms with Crippen molar-refractivity contribution >= 4 is 6.03 Å². The molecule has 0 aromatic heterocycles. The Morgan fingerprint density at radius 1 is 1.29 bits per heavy atom. The summed E-state index contributed by atoms with van der Waals surface area (Å²) in [6.45, 7) is 0.739. The standard InChI is InChI=1S/C19H31N3O2/c1-22(14-16-10-6-3-7-11-16)19(24)21-13-18(23)17(20)12-15-8-4-2-5-9-15/h3,6-7,10-11,15,17-18,23H,2,4-5,8-9,12-14,20H2,1H3,(H,21,24). The summed E-state index contributed by atoms with van der Waals surface area (Å²) in [5, 5.41) is 13.0. The van der Waals surface area contributed by atoms with E-state index in [4.69, 9.17) is 5.73 Å². The molecule has 1 aromatic carbocycles. The first-order chi connectivity index (χ1) is 11.6. The monoisotopic (exact) mass is 333 g/mol. The zero-order valence-electron chi connectivity index (χ0n) is 14.7. The number of nitrogens with zero attached hydrogens (tertiary/aromatic N) is 1. The smallest absolute Gasteiger partial charge is 0.317 e. The van der Waals surface area contributed by atoms with Gasteiger partial charge in [0.1, 0.15) is 0 Å². The number of rotatable bonds is 7. The van der Waals surface area contributed by atoms with Crippen LogP contribution in [-0.4, -0.2) is 41.8 Å². The number of carbonyl (C=O) groups excluding carboxylic acids is 1. The maximum Gasteiger partial charge on any atom is 0.317 e. The zero-order valence-corrected chi connectivity index (χ0v) is 14.7. The molecule has 1 aliphatic rings. The number of benzene rings is 1. The van der Waals surface area contributed by atoms with Crippen molar-refractivity contribution < 1.29 is 9.90 Å². The summed E-state index contributed by atoms with van der Waals surface area (Å²) in [6.07, 6.45) is 6.44. The highest BCUT2D eigenvalue weighted by atomic mass is 16.3. The third kappa shape index (κ3) is 6.13. The van der Waals surface area contributed by atoms with Crippen LogP contribution in [0.4, 0.5) is 4.79 Å². The Labute approximate surface area is 145 Å². The van der Waals surface area contributed by atoms with Gasteiger partial charge in [0.25, 0.3) is 0 Å². The first-order valence-corrected chi connectivity index (χ1v) is 9.03.